The minimum Gasteiger partial charge on any atom is -0.178 e. The second-order valence-corrected chi connectivity index (χ2v) is 2.72. The number of rotatable bonds is 0. The molecule has 0 aromatic carbocycles. The summed E-state index contributed by atoms with van der Waals surface area (Å²) in [6.45, 7) is 3.32. The van der Waals surface area contributed by atoms with Crippen LogP contribution in [0.2, 0.25) is 6.82 Å². The lowest BCUT2D eigenvalue weighted by molar-refractivity contribution is 1.74. The van der Waals surface area contributed by atoms with Crippen LogP contribution in [0.1, 0.15) is 0 Å². The molecule has 0 amide bonds. The molecule has 0 aromatic rings. The molecule has 1 fully saturated rings. The zero-order chi connectivity index (χ0) is 3.70. The molecule has 0 atom stereocenters. The van der Waals surface area contributed by atoms with Crippen LogP contribution >= 0.6 is 11.8 Å². The van der Waals surface area contributed by atoms with E-state index in [9.17, 15) is 0 Å². The Bertz CT molecular complexity index is 33.9. The van der Waals surface area contributed by atoms with Crippen molar-refractivity contribution in [2.45, 2.75) is 6.82 Å². The molecule has 0 aliphatic carbocycles. The summed E-state index contributed by atoms with van der Waals surface area (Å²) in [5.41, 5.74) is 2.81. The topological polar surface area (TPSA) is 0 Å². The van der Waals surface area contributed by atoms with Crippen LogP contribution in [-0.4, -0.2) is 18.0 Å². The highest BCUT2D eigenvalue weighted by molar-refractivity contribution is 8.05. The summed E-state index contributed by atoms with van der Waals surface area (Å²) < 4.78 is 0. The zero-order valence-corrected chi connectivity index (χ0v) is 4.22. The Morgan fingerprint density at radius 2 is 2.00 bits per heavy atom. The lowest BCUT2D eigenvalue weighted by Crippen LogP contribution is -2.25. The molecule has 0 saturated carbocycles. The predicted octanol–water partition coefficient (Wildman–Crippen LogP) is 0.936. The van der Waals surface area contributed by atoms with Crippen molar-refractivity contribution in [3.63, 3.8) is 0 Å². The van der Waals surface area contributed by atoms with E-state index in [1.165, 1.54) is 11.3 Å². The lowest BCUT2D eigenvalue weighted by atomic mass is 9.56. The minimum atomic E-state index is 1.03. The molecule has 0 radical (unpaired) electrons. The largest absolute Gasteiger partial charge is 0.178 e. The molecule has 0 nitrogen and oxygen atoms in total. The Balaban J connectivity index is 2.08. The monoisotopic (exact) mass is 86.0 g/mol. The van der Waals surface area contributed by atoms with Gasteiger partial charge in [-0.3, -0.25) is 0 Å². The number of hydrogen-bond acceptors (Lipinski definition) is 1. The van der Waals surface area contributed by atoms with E-state index < -0.39 is 0 Å². The second-order valence-electron chi connectivity index (χ2n) is 1.64. The van der Waals surface area contributed by atoms with Crippen molar-refractivity contribution in [2.75, 3.05) is 11.3 Å². The van der Waals surface area contributed by atoms with E-state index >= 15 is 0 Å². The van der Waals surface area contributed by atoms with E-state index in [1.54, 1.807) is 0 Å². The van der Waals surface area contributed by atoms with Gasteiger partial charge in [0.1, 0.15) is 0 Å². The van der Waals surface area contributed by atoms with Gasteiger partial charge in [-0.1, -0.05) is 6.82 Å². The first kappa shape index (κ1) is 3.60. The third kappa shape index (κ3) is 0.626. The van der Waals surface area contributed by atoms with Crippen LogP contribution in [0.4, 0.5) is 0 Å². The van der Waals surface area contributed by atoms with Gasteiger partial charge in [-0.15, -0.1) is 0 Å². The van der Waals surface area contributed by atoms with Crippen molar-refractivity contribution in [2.24, 2.45) is 0 Å². The van der Waals surface area contributed by atoms with Crippen LogP contribution in [0.3, 0.4) is 0 Å². The SMILES string of the molecule is CB1CSC1. The molecular formula is C3H7BS. The number of thioether (sulfide) groups is 1. The molecule has 0 N–H and O–H groups in total. The molecule has 1 aliphatic heterocycles. The molecule has 0 unspecified atom stereocenters. The van der Waals surface area contributed by atoms with E-state index in [2.05, 4.69) is 6.82 Å². The molecular weight excluding hydrogens is 78.9 g/mol. The number of hydrogen-bond donors (Lipinski definition) is 0. The highest BCUT2D eigenvalue weighted by atomic mass is 32.2. The Labute approximate surface area is 37.4 Å². The highest BCUT2D eigenvalue weighted by Crippen LogP contribution is 2.14. The smallest absolute Gasteiger partial charge is 0.159 e. The van der Waals surface area contributed by atoms with Gasteiger partial charge >= 0.3 is 0 Å². The summed E-state index contributed by atoms with van der Waals surface area (Å²) in [6.07, 6.45) is 0. The molecule has 1 heterocycles. The van der Waals surface area contributed by atoms with E-state index in [0.29, 0.717) is 0 Å². The van der Waals surface area contributed by atoms with Gasteiger partial charge in [-0.2, -0.15) is 11.8 Å². The summed E-state index contributed by atoms with van der Waals surface area (Å²) in [7, 11) is 0. The van der Waals surface area contributed by atoms with Crippen LogP contribution in [0, 0.1) is 0 Å². The first-order valence-corrected chi connectivity index (χ1v) is 3.13. The average Bonchev–Trinajstić information content (AvgIpc) is 1.30. The van der Waals surface area contributed by atoms with Gasteiger partial charge in [0.2, 0.25) is 0 Å². The summed E-state index contributed by atoms with van der Waals surface area (Å²) >= 11 is 2.05. The van der Waals surface area contributed by atoms with Gasteiger partial charge in [0, 0.05) is 0 Å². The predicted molar refractivity (Wildman–Crippen MR) is 28.9 cm³/mol. The second kappa shape index (κ2) is 1.25. The standard InChI is InChI=1S/C3H7BS/c1-4-2-5-3-4/h2-3H2,1H3. The fourth-order valence-corrected chi connectivity index (χ4v) is 1.06. The fraction of sp³-hybridized carbons (Fsp3) is 1.00. The first-order valence-electron chi connectivity index (χ1n) is 1.97. The summed E-state index contributed by atoms with van der Waals surface area (Å²) in [5.74, 6) is 0. The van der Waals surface area contributed by atoms with Gasteiger partial charge in [0.05, 0.1) is 0 Å². The molecule has 0 bridgehead atoms. The molecule has 1 saturated heterocycles. The van der Waals surface area contributed by atoms with Crippen molar-refractivity contribution in [1.82, 2.24) is 0 Å². The molecule has 2 heteroatoms. The Hall–Kier alpha value is 0.415. The van der Waals surface area contributed by atoms with Crippen LogP contribution in [0.25, 0.3) is 0 Å². The van der Waals surface area contributed by atoms with Gasteiger partial charge in [0.25, 0.3) is 0 Å². The van der Waals surface area contributed by atoms with Gasteiger partial charge in [-0.05, 0) is 11.3 Å². The molecule has 0 aromatic heterocycles. The minimum absolute atomic E-state index is 1.03. The lowest BCUT2D eigenvalue weighted by Gasteiger charge is -2.14. The molecule has 28 valence electrons. The van der Waals surface area contributed by atoms with Crippen molar-refractivity contribution in [3.8, 4) is 0 Å². The van der Waals surface area contributed by atoms with Crippen molar-refractivity contribution < 1.29 is 0 Å². The van der Waals surface area contributed by atoms with Crippen LogP contribution < -0.4 is 0 Å². The zero-order valence-electron chi connectivity index (χ0n) is 3.40. The van der Waals surface area contributed by atoms with Gasteiger partial charge in [-0.25, -0.2) is 0 Å². The Kier molecular flexibility index (Phi) is 0.901. The Morgan fingerprint density at radius 1 is 1.60 bits per heavy atom. The van der Waals surface area contributed by atoms with Crippen LogP contribution in [-0.2, 0) is 0 Å². The quantitative estimate of drug-likeness (QED) is 0.395. The van der Waals surface area contributed by atoms with Crippen LogP contribution in [0.15, 0.2) is 0 Å². The fourth-order valence-electron chi connectivity index (χ4n) is 0.354. The Morgan fingerprint density at radius 3 is 2.00 bits per heavy atom. The van der Waals surface area contributed by atoms with E-state index in [0.717, 1.165) is 6.71 Å². The van der Waals surface area contributed by atoms with Crippen LogP contribution in [0.5, 0.6) is 0 Å². The van der Waals surface area contributed by atoms with E-state index in [1.807, 2.05) is 11.8 Å². The summed E-state index contributed by atoms with van der Waals surface area (Å²) in [5, 5.41) is 0. The third-order valence-corrected chi connectivity index (χ3v) is 2.41. The summed E-state index contributed by atoms with van der Waals surface area (Å²) in [4.78, 5) is 0. The molecule has 0 spiro atoms. The van der Waals surface area contributed by atoms with Gasteiger partial charge in [0.15, 0.2) is 6.71 Å². The first-order chi connectivity index (χ1) is 2.39. The molecule has 1 rings (SSSR count). The van der Waals surface area contributed by atoms with Crippen molar-refractivity contribution in [3.05, 3.63) is 0 Å². The van der Waals surface area contributed by atoms with E-state index in [4.69, 9.17) is 0 Å². The maximum absolute atomic E-state index is 2.29. The highest BCUT2D eigenvalue weighted by Gasteiger charge is 2.14. The van der Waals surface area contributed by atoms with Crippen molar-refractivity contribution in [1.29, 1.82) is 0 Å². The summed E-state index contributed by atoms with van der Waals surface area (Å²) in [6, 6.07) is 0. The average molecular weight is 86.0 g/mol. The van der Waals surface area contributed by atoms with Crippen molar-refractivity contribution >= 4 is 18.5 Å². The third-order valence-electron chi connectivity index (χ3n) is 0.805. The molecule has 5 heavy (non-hydrogen) atoms. The van der Waals surface area contributed by atoms with Gasteiger partial charge < -0.3 is 0 Å². The maximum atomic E-state index is 2.29. The maximum Gasteiger partial charge on any atom is 0.159 e. The van der Waals surface area contributed by atoms with E-state index in [-0.39, 0.29) is 0 Å². The molecule has 1 aliphatic rings. The normalized spacial score (nSPS) is 22.2.